The molecule has 14 heavy (non-hydrogen) atoms. The molecule has 1 rings (SSSR count). The monoisotopic (exact) mass is 219 g/mol. The van der Waals surface area contributed by atoms with Crippen LogP contribution in [-0.4, -0.2) is 31.9 Å². The molecule has 2 unspecified atom stereocenters. The molecule has 0 saturated heterocycles. The normalized spacial score (nSPS) is 27.8. The Balaban J connectivity index is 2.30. The maximum Gasteiger partial charge on any atom is 0.215 e. The van der Waals surface area contributed by atoms with Crippen LogP contribution in [0.4, 0.5) is 0 Å². The molecule has 2 atom stereocenters. The lowest BCUT2D eigenvalue weighted by Crippen LogP contribution is -2.30. The number of rotatable bonds is 5. The van der Waals surface area contributed by atoms with Gasteiger partial charge in [0.2, 0.25) is 10.0 Å². The lowest BCUT2D eigenvalue weighted by atomic mass is 10.1. The van der Waals surface area contributed by atoms with Gasteiger partial charge in [-0.2, -0.15) is 0 Å². The number of aliphatic hydroxyl groups is 1. The molecule has 0 heterocycles. The van der Waals surface area contributed by atoms with Crippen LogP contribution >= 0.6 is 0 Å². The molecule has 1 saturated carbocycles. The summed E-state index contributed by atoms with van der Waals surface area (Å²) in [4.78, 5) is 0. The molecule has 0 aromatic carbocycles. The summed E-state index contributed by atoms with van der Waals surface area (Å²) in [6.45, 7) is 3.82. The predicted molar refractivity (Wildman–Crippen MR) is 55.3 cm³/mol. The van der Waals surface area contributed by atoms with Crippen molar-refractivity contribution < 1.29 is 13.5 Å². The van der Waals surface area contributed by atoms with Crippen molar-refractivity contribution in [2.24, 2.45) is 5.92 Å². The van der Waals surface area contributed by atoms with Gasteiger partial charge in [-0.3, -0.25) is 0 Å². The zero-order valence-electron chi connectivity index (χ0n) is 8.15. The molecule has 82 valence electrons. The maximum absolute atomic E-state index is 11.2. The van der Waals surface area contributed by atoms with Crippen LogP contribution in [0.1, 0.15) is 19.3 Å². The Morgan fingerprint density at radius 3 is 2.71 bits per heavy atom. The Morgan fingerprint density at radius 1 is 1.50 bits per heavy atom. The summed E-state index contributed by atoms with van der Waals surface area (Å²) in [7, 11) is -3.19. The summed E-state index contributed by atoms with van der Waals surface area (Å²) >= 11 is 0. The third kappa shape index (κ3) is 3.77. The minimum Gasteiger partial charge on any atom is -0.393 e. The van der Waals surface area contributed by atoms with E-state index in [2.05, 4.69) is 11.3 Å². The van der Waals surface area contributed by atoms with Gasteiger partial charge in [-0.15, -0.1) is 6.58 Å². The minimum absolute atomic E-state index is 0.0394. The second kappa shape index (κ2) is 4.91. The molecule has 1 aliphatic rings. The lowest BCUT2D eigenvalue weighted by Gasteiger charge is -2.10. The SMILES string of the molecule is C=CCS(=O)(=O)NCC1CCC(O)C1. The predicted octanol–water partition coefficient (Wildman–Crippen LogP) is 0.253. The van der Waals surface area contributed by atoms with Crippen molar-refractivity contribution in [3.05, 3.63) is 12.7 Å². The highest BCUT2D eigenvalue weighted by Crippen LogP contribution is 2.24. The molecule has 0 radical (unpaired) electrons. The van der Waals surface area contributed by atoms with Crippen molar-refractivity contribution >= 4 is 10.0 Å². The minimum atomic E-state index is -3.19. The smallest absolute Gasteiger partial charge is 0.215 e. The maximum atomic E-state index is 11.2. The highest BCUT2D eigenvalue weighted by Gasteiger charge is 2.23. The Labute approximate surface area is 85.1 Å². The van der Waals surface area contributed by atoms with Gasteiger partial charge in [-0.25, -0.2) is 13.1 Å². The van der Waals surface area contributed by atoms with Gasteiger partial charge in [0.25, 0.3) is 0 Å². The first-order chi connectivity index (χ1) is 6.53. The van der Waals surface area contributed by atoms with Gasteiger partial charge < -0.3 is 5.11 Å². The van der Waals surface area contributed by atoms with E-state index in [-0.39, 0.29) is 17.8 Å². The van der Waals surface area contributed by atoms with Gasteiger partial charge in [0.1, 0.15) is 0 Å². The fourth-order valence-corrected chi connectivity index (χ4v) is 2.61. The summed E-state index contributed by atoms with van der Waals surface area (Å²) in [5, 5.41) is 9.24. The second-order valence-corrected chi connectivity index (χ2v) is 5.60. The Bertz CT molecular complexity index is 286. The molecule has 2 N–H and O–H groups in total. The van der Waals surface area contributed by atoms with Gasteiger partial charge in [0.05, 0.1) is 11.9 Å². The van der Waals surface area contributed by atoms with Crippen LogP contribution in [0.5, 0.6) is 0 Å². The topological polar surface area (TPSA) is 66.4 Å². The van der Waals surface area contributed by atoms with Crippen LogP contribution in [0.2, 0.25) is 0 Å². The van der Waals surface area contributed by atoms with E-state index in [9.17, 15) is 13.5 Å². The number of hydrogen-bond donors (Lipinski definition) is 2. The van der Waals surface area contributed by atoms with E-state index in [1.54, 1.807) is 0 Å². The fourth-order valence-electron chi connectivity index (χ4n) is 1.69. The molecular formula is C9H17NO3S. The van der Waals surface area contributed by atoms with Crippen LogP contribution in [0.15, 0.2) is 12.7 Å². The third-order valence-electron chi connectivity index (χ3n) is 2.44. The quantitative estimate of drug-likeness (QED) is 0.651. The van der Waals surface area contributed by atoms with Crippen molar-refractivity contribution in [1.29, 1.82) is 0 Å². The Kier molecular flexibility index (Phi) is 4.10. The van der Waals surface area contributed by atoms with Gasteiger partial charge in [-0.05, 0) is 25.2 Å². The van der Waals surface area contributed by atoms with E-state index < -0.39 is 10.0 Å². The van der Waals surface area contributed by atoms with Crippen molar-refractivity contribution in [3.63, 3.8) is 0 Å². The first-order valence-corrected chi connectivity index (χ1v) is 6.45. The van der Waals surface area contributed by atoms with Crippen LogP contribution in [0.25, 0.3) is 0 Å². The van der Waals surface area contributed by atoms with E-state index in [1.165, 1.54) is 6.08 Å². The number of sulfonamides is 1. The van der Waals surface area contributed by atoms with E-state index in [0.29, 0.717) is 13.0 Å². The molecule has 1 fully saturated rings. The summed E-state index contributed by atoms with van der Waals surface area (Å²) in [5.74, 6) is 0.243. The van der Waals surface area contributed by atoms with E-state index in [0.717, 1.165) is 12.8 Å². The highest BCUT2D eigenvalue weighted by molar-refractivity contribution is 7.89. The molecular weight excluding hydrogens is 202 g/mol. The van der Waals surface area contributed by atoms with Crippen molar-refractivity contribution in [2.75, 3.05) is 12.3 Å². The summed E-state index contributed by atoms with van der Waals surface area (Å²) in [6, 6.07) is 0. The molecule has 4 nitrogen and oxygen atoms in total. The van der Waals surface area contributed by atoms with Crippen LogP contribution < -0.4 is 4.72 Å². The van der Waals surface area contributed by atoms with Gasteiger partial charge >= 0.3 is 0 Å². The standard InChI is InChI=1S/C9H17NO3S/c1-2-5-14(12,13)10-7-8-3-4-9(11)6-8/h2,8-11H,1,3-7H2. The Hall–Kier alpha value is -0.390. The van der Waals surface area contributed by atoms with Gasteiger partial charge in [-0.1, -0.05) is 6.08 Å². The average molecular weight is 219 g/mol. The fraction of sp³-hybridized carbons (Fsp3) is 0.778. The second-order valence-electron chi connectivity index (χ2n) is 3.75. The average Bonchev–Trinajstić information content (AvgIpc) is 2.48. The molecule has 0 aliphatic heterocycles. The van der Waals surface area contributed by atoms with Crippen LogP contribution in [-0.2, 0) is 10.0 Å². The third-order valence-corrected chi connectivity index (χ3v) is 3.72. The van der Waals surface area contributed by atoms with Crippen LogP contribution in [0, 0.1) is 5.92 Å². The first kappa shape index (κ1) is 11.7. The summed E-state index contributed by atoms with van der Waals surface area (Å²) < 4.78 is 25.0. The summed E-state index contributed by atoms with van der Waals surface area (Å²) in [5.41, 5.74) is 0. The van der Waals surface area contributed by atoms with Crippen molar-refractivity contribution in [2.45, 2.75) is 25.4 Å². The van der Waals surface area contributed by atoms with E-state index in [4.69, 9.17) is 0 Å². The number of aliphatic hydroxyl groups excluding tert-OH is 1. The highest BCUT2D eigenvalue weighted by atomic mass is 32.2. The molecule has 0 aromatic heterocycles. The Morgan fingerprint density at radius 2 is 2.21 bits per heavy atom. The zero-order valence-corrected chi connectivity index (χ0v) is 8.96. The molecule has 0 bridgehead atoms. The van der Waals surface area contributed by atoms with Crippen molar-refractivity contribution in [1.82, 2.24) is 4.72 Å². The van der Waals surface area contributed by atoms with E-state index in [1.807, 2.05) is 0 Å². The van der Waals surface area contributed by atoms with Gasteiger partial charge in [0.15, 0.2) is 0 Å². The molecule has 0 amide bonds. The number of hydrogen-bond acceptors (Lipinski definition) is 3. The van der Waals surface area contributed by atoms with Crippen LogP contribution in [0.3, 0.4) is 0 Å². The summed E-state index contributed by atoms with van der Waals surface area (Å²) in [6.07, 6.45) is 3.51. The zero-order chi connectivity index (χ0) is 10.6. The lowest BCUT2D eigenvalue weighted by molar-refractivity contribution is 0.178. The largest absolute Gasteiger partial charge is 0.393 e. The molecule has 5 heteroatoms. The number of nitrogens with one attached hydrogen (secondary N) is 1. The first-order valence-electron chi connectivity index (χ1n) is 4.80. The van der Waals surface area contributed by atoms with E-state index >= 15 is 0 Å². The van der Waals surface area contributed by atoms with Crippen molar-refractivity contribution in [3.8, 4) is 0 Å². The molecule has 0 spiro atoms. The van der Waals surface area contributed by atoms with Gasteiger partial charge in [0, 0.05) is 6.54 Å². The molecule has 1 aliphatic carbocycles. The molecule has 0 aromatic rings.